The fourth-order valence-electron chi connectivity index (χ4n) is 2.91. The van der Waals surface area contributed by atoms with E-state index in [4.69, 9.17) is 25.8 Å². The molecule has 0 aliphatic heterocycles. The first-order valence-electron chi connectivity index (χ1n) is 10.5. The quantitative estimate of drug-likeness (QED) is 0.334. The van der Waals surface area contributed by atoms with Crippen molar-refractivity contribution in [3.63, 3.8) is 0 Å². The van der Waals surface area contributed by atoms with Gasteiger partial charge in [-0.1, -0.05) is 29.8 Å². The number of aromatic nitrogens is 1. The summed E-state index contributed by atoms with van der Waals surface area (Å²) in [5, 5.41) is 3.22. The van der Waals surface area contributed by atoms with E-state index in [1.165, 1.54) is 20.1 Å². The van der Waals surface area contributed by atoms with Gasteiger partial charge in [-0.3, -0.25) is 9.78 Å². The maximum absolute atomic E-state index is 12.5. The average Bonchev–Trinajstić information content (AvgIpc) is 2.84. The minimum absolute atomic E-state index is 0.365. The normalized spacial score (nSPS) is 11.6. The van der Waals surface area contributed by atoms with Crippen LogP contribution in [-0.4, -0.2) is 30.1 Å². The zero-order valence-electron chi connectivity index (χ0n) is 19.1. The lowest BCUT2D eigenvalue weighted by Crippen LogP contribution is -2.29. The van der Waals surface area contributed by atoms with Crippen molar-refractivity contribution in [3.8, 4) is 11.5 Å². The number of aryl methyl sites for hydroxylation is 1. The van der Waals surface area contributed by atoms with Crippen LogP contribution in [-0.2, 0) is 20.9 Å². The van der Waals surface area contributed by atoms with Gasteiger partial charge in [-0.25, -0.2) is 4.79 Å². The summed E-state index contributed by atoms with van der Waals surface area (Å²) in [7, 11) is 1.48. The Morgan fingerprint density at radius 1 is 1.15 bits per heavy atom. The number of ether oxygens (including phenoxy) is 3. The number of amides is 1. The van der Waals surface area contributed by atoms with E-state index >= 15 is 0 Å². The number of carbonyl (C=O) groups is 2. The summed E-state index contributed by atoms with van der Waals surface area (Å²) < 4.78 is 16.1. The van der Waals surface area contributed by atoms with E-state index in [1.54, 1.807) is 36.5 Å². The molecule has 0 aliphatic rings. The molecule has 0 saturated carbocycles. The third kappa shape index (κ3) is 7.08. The van der Waals surface area contributed by atoms with E-state index in [0.29, 0.717) is 28.8 Å². The highest BCUT2D eigenvalue weighted by Gasteiger charge is 2.19. The first-order chi connectivity index (χ1) is 16.4. The van der Waals surface area contributed by atoms with E-state index in [-0.39, 0.29) is 0 Å². The number of halogens is 1. The van der Waals surface area contributed by atoms with Gasteiger partial charge in [-0.05, 0) is 61.4 Å². The van der Waals surface area contributed by atoms with Crippen molar-refractivity contribution < 1.29 is 23.8 Å². The third-order valence-corrected chi connectivity index (χ3v) is 5.21. The Balaban J connectivity index is 1.51. The number of carbonyl (C=O) groups excluding carboxylic acids is 2. The molecule has 7 nitrogen and oxygen atoms in total. The number of nitrogens with one attached hydrogen (secondary N) is 1. The largest absolute Gasteiger partial charge is 0.495 e. The highest BCUT2D eigenvalue weighted by molar-refractivity contribution is 6.31. The zero-order valence-corrected chi connectivity index (χ0v) is 19.8. The molecule has 8 heteroatoms. The lowest BCUT2D eigenvalue weighted by atomic mass is 10.2. The van der Waals surface area contributed by atoms with Crippen molar-refractivity contribution in [1.29, 1.82) is 0 Å². The predicted octanol–water partition coefficient (Wildman–Crippen LogP) is 5.21. The van der Waals surface area contributed by atoms with Crippen molar-refractivity contribution >= 4 is 35.2 Å². The second kappa shape index (κ2) is 11.9. The number of rotatable bonds is 9. The van der Waals surface area contributed by atoms with E-state index in [9.17, 15) is 9.59 Å². The van der Waals surface area contributed by atoms with Crippen molar-refractivity contribution in [3.05, 3.63) is 88.7 Å². The summed E-state index contributed by atoms with van der Waals surface area (Å²) in [4.78, 5) is 28.8. The number of methoxy groups -OCH3 is 1. The summed E-state index contributed by atoms with van der Waals surface area (Å²) in [5.41, 5.74) is 2.83. The molecule has 0 aliphatic carbocycles. The van der Waals surface area contributed by atoms with Crippen LogP contribution in [0, 0.1) is 6.92 Å². The number of pyridine rings is 1. The summed E-state index contributed by atoms with van der Waals surface area (Å²) >= 11 is 6.09. The fraction of sp³-hybridized carbons (Fsp3) is 0.192. The van der Waals surface area contributed by atoms with Gasteiger partial charge in [0.2, 0.25) is 0 Å². The fourth-order valence-corrected chi connectivity index (χ4v) is 3.07. The van der Waals surface area contributed by atoms with E-state index in [1.807, 2.05) is 37.3 Å². The summed E-state index contributed by atoms with van der Waals surface area (Å²) in [5.74, 6) is -0.0353. The van der Waals surface area contributed by atoms with Crippen LogP contribution >= 0.6 is 11.6 Å². The van der Waals surface area contributed by atoms with Gasteiger partial charge in [0.1, 0.15) is 18.1 Å². The molecule has 1 N–H and O–H groups in total. The third-order valence-electron chi connectivity index (χ3n) is 4.81. The molecule has 0 saturated heterocycles. The maximum atomic E-state index is 12.5. The molecule has 0 fully saturated rings. The highest BCUT2D eigenvalue weighted by atomic mass is 35.5. The van der Waals surface area contributed by atoms with Crippen molar-refractivity contribution in [2.45, 2.75) is 26.6 Å². The molecule has 176 valence electrons. The van der Waals surface area contributed by atoms with Crippen LogP contribution in [0.2, 0.25) is 5.02 Å². The second-order valence-corrected chi connectivity index (χ2v) is 7.79. The smallest absolute Gasteiger partial charge is 0.331 e. The zero-order chi connectivity index (χ0) is 24.5. The molecule has 0 spiro atoms. The molecule has 1 aromatic heterocycles. The van der Waals surface area contributed by atoms with E-state index < -0.39 is 18.0 Å². The van der Waals surface area contributed by atoms with E-state index in [2.05, 4.69) is 10.3 Å². The van der Waals surface area contributed by atoms with Crippen LogP contribution in [0.1, 0.15) is 23.7 Å². The van der Waals surface area contributed by atoms with Crippen molar-refractivity contribution in [2.24, 2.45) is 0 Å². The lowest BCUT2D eigenvalue weighted by molar-refractivity contribution is -0.148. The van der Waals surface area contributed by atoms with Gasteiger partial charge >= 0.3 is 5.97 Å². The van der Waals surface area contributed by atoms with Gasteiger partial charge in [-0.15, -0.1) is 0 Å². The summed E-state index contributed by atoms with van der Waals surface area (Å²) in [6.45, 7) is 3.67. The van der Waals surface area contributed by atoms with Gasteiger partial charge in [0.05, 0.1) is 18.5 Å². The average molecular weight is 481 g/mol. The first kappa shape index (κ1) is 24.8. The minimum Gasteiger partial charge on any atom is -0.495 e. The number of hydrogen-bond acceptors (Lipinski definition) is 6. The molecular weight excluding hydrogens is 456 g/mol. The van der Waals surface area contributed by atoms with Crippen molar-refractivity contribution in [2.75, 3.05) is 12.4 Å². The van der Waals surface area contributed by atoms with Crippen LogP contribution in [0.3, 0.4) is 0 Å². The van der Waals surface area contributed by atoms with Gasteiger partial charge in [0.15, 0.2) is 6.10 Å². The molecule has 34 heavy (non-hydrogen) atoms. The number of anilines is 1. The molecule has 1 heterocycles. The van der Waals surface area contributed by atoms with Crippen LogP contribution in [0.25, 0.3) is 6.08 Å². The molecule has 1 amide bonds. The van der Waals surface area contributed by atoms with Crippen LogP contribution in [0.15, 0.2) is 66.9 Å². The number of hydrogen-bond donors (Lipinski definition) is 1. The monoisotopic (exact) mass is 480 g/mol. The van der Waals surface area contributed by atoms with E-state index in [0.717, 1.165) is 16.8 Å². The first-order valence-corrected chi connectivity index (χ1v) is 10.9. The lowest BCUT2D eigenvalue weighted by Gasteiger charge is -2.15. The Morgan fingerprint density at radius 2 is 1.91 bits per heavy atom. The number of benzene rings is 2. The SMILES string of the molecule is COc1cc(Cl)c(C)cc1NC(=O)C(C)OC(=O)/C=C/c1ccc(OCc2ccccn2)cc1. The molecule has 1 unspecified atom stereocenters. The maximum Gasteiger partial charge on any atom is 0.331 e. The second-order valence-electron chi connectivity index (χ2n) is 7.38. The summed E-state index contributed by atoms with van der Waals surface area (Å²) in [6, 6.07) is 16.1. The molecule has 0 radical (unpaired) electrons. The Morgan fingerprint density at radius 3 is 2.59 bits per heavy atom. The predicted molar refractivity (Wildman–Crippen MR) is 131 cm³/mol. The standard InChI is InChI=1S/C26H25ClN2O5/c1-17-14-23(24(32-3)15-22(17)27)29-26(31)18(2)34-25(30)12-9-19-7-10-21(11-8-19)33-16-20-6-4-5-13-28-20/h4-15,18H,16H2,1-3H3,(H,29,31)/b12-9+. The van der Waals surface area contributed by atoms with Gasteiger partial charge in [0.25, 0.3) is 5.91 Å². The minimum atomic E-state index is -1.01. The highest BCUT2D eigenvalue weighted by Crippen LogP contribution is 2.31. The molecule has 1 atom stereocenters. The molecule has 0 bridgehead atoms. The van der Waals surface area contributed by atoms with Gasteiger partial charge in [-0.2, -0.15) is 0 Å². The topological polar surface area (TPSA) is 86.8 Å². The molecule has 3 aromatic rings. The van der Waals surface area contributed by atoms with Crippen LogP contribution in [0.5, 0.6) is 11.5 Å². The van der Waals surface area contributed by atoms with Crippen LogP contribution in [0.4, 0.5) is 5.69 Å². The number of esters is 1. The Bertz CT molecular complexity index is 1160. The van der Waals surface area contributed by atoms with Gasteiger partial charge < -0.3 is 19.5 Å². The Hall–Kier alpha value is -3.84. The Kier molecular flexibility index (Phi) is 8.65. The number of nitrogens with zero attached hydrogens (tertiary/aromatic N) is 1. The summed E-state index contributed by atoms with van der Waals surface area (Å²) in [6.07, 6.45) is 3.56. The molecule has 3 rings (SSSR count). The van der Waals surface area contributed by atoms with Crippen LogP contribution < -0.4 is 14.8 Å². The molecular formula is C26H25ClN2O5. The Labute approximate surface area is 203 Å². The van der Waals surface area contributed by atoms with Gasteiger partial charge in [0, 0.05) is 23.4 Å². The van der Waals surface area contributed by atoms with Crippen molar-refractivity contribution in [1.82, 2.24) is 4.98 Å². The molecule has 2 aromatic carbocycles.